The Morgan fingerprint density at radius 2 is 1.93 bits per heavy atom. The van der Waals surface area contributed by atoms with Crippen LogP contribution in [0, 0.1) is 12.7 Å². The van der Waals surface area contributed by atoms with E-state index in [1.54, 1.807) is 25.5 Å². The number of nitrogens with zero attached hydrogens (tertiary/aromatic N) is 1. The molecule has 2 rings (SSSR count). The van der Waals surface area contributed by atoms with Gasteiger partial charge in [0.1, 0.15) is 5.82 Å². The van der Waals surface area contributed by atoms with Crippen molar-refractivity contribution in [1.29, 1.82) is 0 Å². The first-order chi connectivity index (χ1) is 13.8. The summed E-state index contributed by atoms with van der Waals surface area (Å²) < 4.78 is 14.9. The van der Waals surface area contributed by atoms with Crippen LogP contribution in [-0.2, 0) is 0 Å². The van der Waals surface area contributed by atoms with Gasteiger partial charge in [-0.1, -0.05) is 38.0 Å². The molecule has 0 spiro atoms. The van der Waals surface area contributed by atoms with E-state index in [1.165, 1.54) is 6.07 Å². The van der Waals surface area contributed by atoms with Crippen LogP contribution in [0.15, 0.2) is 85.5 Å². The van der Waals surface area contributed by atoms with Crippen LogP contribution in [0.5, 0.6) is 0 Å². The summed E-state index contributed by atoms with van der Waals surface area (Å²) >= 11 is 0. The highest BCUT2D eigenvalue weighted by Gasteiger charge is 2.16. The minimum absolute atomic E-state index is 0.352. The lowest BCUT2D eigenvalue weighted by molar-refractivity contribution is 0.631. The maximum atomic E-state index is 14.9. The molecule has 0 aliphatic heterocycles. The van der Waals surface area contributed by atoms with Crippen molar-refractivity contribution < 1.29 is 4.39 Å². The Kier molecular flexibility index (Phi) is 7.32. The van der Waals surface area contributed by atoms with Crippen LogP contribution in [0.4, 0.5) is 10.1 Å². The highest BCUT2D eigenvalue weighted by molar-refractivity contribution is 5.87. The van der Waals surface area contributed by atoms with Gasteiger partial charge in [0.25, 0.3) is 0 Å². The highest BCUT2D eigenvalue weighted by Crippen LogP contribution is 2.34. The molecule has 2 aromatic rings. The molecule has 0 aliphatic rings. The quantitative estimate of drug-likeness (QED) is 0.514. The molecule has 0 amide bonds. The minimum atomic E-state index is -0.352. The van der Waals surface area contributed by atoms with Crippen LogP contribution in [0.1, 0.15) is 25.0 Å². The fourth-order valence-electron chi connectivity index (χ4n) is 2.92. The maximum Gasteiger partial charge on any atom is 0.147 e. The summed E-state index contributed by atoms with van der Waals surface area (Å²) in [6, 6.07) is 5.33. The largest absolute Gasteiger partial charge is 0.385 e. The zero-order valence-corrected chi connectivity index (χ0v) is 17.6. The van der Waals surface area contributed by atoms with Gasteiger partial charge in [0, 0.05) is 42.0 Å². The summed E-state index contributed by atoms with van der Waals surface area (Å²) in [7, 11) is 1.69. The Balaban J connectivity index is 2.46. The third-order valence-electron chi connectivity index (χ3n) is 4.79. The Morgan fingerprint density at radius 3 is 2.55 bits per heavy atom. The van der Waals surface area contributed by atoms with Gasteiger partial charge < -0.3 is 10.6 Å². The fourth-order valence-corrected chi connectivity index (χ4v) is 2.92. The van der Waals surface area contributed by atoms with Crippen LogP contribution >= 0.6 is 0 Å². The minimum Gasteiger partial charge on any atom is -0.385 e. The van der Waals surface area contributed by atoms with E-state index in [2.05, 4.69) is 35.4 Å². The number of pyridine rings is 1. The number of benzene rings is 1. The predicted molar refractivity (Wildman–Crippen MR) is 123 cm³/mol. The number of hydrogen-bond donors (Lipinski definition) is 2. The average molecular weight is 390 g/mol. The van der Waals surface area contributed by atoms with Crippen LogP contribution < -0.4 is 10.6 Å². The molecule has 1 heterocycles. The van der Waals surface area contributed by atoms with Gasteiger partial charge in [0.2, 0.25) is 0 Å². The lowest BCUT2D eigenvalue weighted by Gasteiger charge is -2.19. The van der Waals surface area contributed by atoms with E-state index in [-0.39, 0.29) is 5.82 Å². The van der Waals surface area contributed by atoms with Gasteiger partial charge in [0.05, 0.1) is 5.69 Å². The average Bonchev–Trinajstić information content (AvgIpc) is 2.70. The predicted octanol–water partition coefficient (Wildman–Crippen LogP) is 6.39. The summed E-state index contributed by atoms with van der Waals surface area (Å²) in [5, 5.41) is 6.21. The third-order valence-corrected chi connectivity index (χ3v) is 4.79. The van der Waals surface area contributed by atoms with Crippen molar-refractivity contribution in [3.63, 3.8) is 0 Å². The number of aryl methyl sites for hydroxylation is 1. The van der Waals surface area contributed by atoms with Gasteiger partial charge >= 0.3 is 0 Å². The van der Waals surface area contributed by atoms with E-state index in [1.807, 2.05) is 45.1 Å². The molecular weight excluding hydrogens is 361 g/mol. The topological polar surface area (TPSA) is 37.0 Å². The first kappa shape index (κ1) is 21.9. The molecule has 0 radical (unpaired) electrons. The van der Waals surface area contributed by atoms with Crippen molar-refractivity contribution in [2.45, 2.75) is 20.8 Å². The Morgan fingerprint density at radius 1 is 1.21 bits per heavy atom. The lowest BCUT2D eigenvalue weighted by atomic mass is 9.95. The molecule has 150 valence electrons. The molecule has 0 saturated heterocycles. The van der Waals surface area contributed by atoms with Crippen molar-refractivity contribution in [3.05, 3.63) is 102 Å². The molecule has 0 bridgehead atoms. The summed E-state index contributed by atoms with van der Waals surface area (Å²) in [6.07, 6.45) is 9.01. The molecule has 29 heavy (non-hydrogen) atoms. The van der Waals surface area contributed by atoms with Crippen LogP contribution in [-0.4, -0.2) is 12.0 Å². The standard InChI is InChI=1S/C25H28FN3/c1-8-9-10-16(2)19(5)29-20(6)18(4)22-13-21(14-24(26)25(22)27-7)23-15-28-12-11-17(23)3/h8-15,27,29H,1,4,6H2,2-3,5,7H3/b10-9-,19-16+. The van der Waals surface area contributed by atoms with Gasteiger partial charge in [0.15, 0.2) is 0 Å². The molecule has 0 saturated carbocycles. The van der Waals surface area contributed by atoms with Gasteiger partial charge in [-0.05, 0) is 61.2 Å². The number of anilines is 1. The number of nitrogens with one attached hydrogen (secondary N) is 2. The summed E-state index contributed by atoms with van der Waals surface area (Å²) in [5.74, 6) is -0.352. The lowest BCUT2D eigenvalue weighted by Crippen LogP contribution is -2.13. The summed E-state index contributed by atoms with van der Waals surface area (Å²) in [5.41, 5.74) is 6.86. The van der Waals surface area contributed by atoms with Crippen molar-refractivity contribution >= 4 is 11.3 Å². The second-order valence-electron chi connectivity index (χ2n) is 6.81. The van der Waals surface area contributed by atoms with Crippen molar-refractivity contribution in [3.8, 4) is 11.1 Å². The van der Waals surface area contributed by atoms with Gasteiger partial charge in [-0.15, -0.1) is 0 Å². The maximum absolute atomic E-state index is 14.9. The monoisotopic (exact) mass is 389 g/mol. The zero-order valence-electron chi connectivity index (χ0n) is 17.6. The molecule has 2 N–H and O–H groups in total. The molecule has 1 aromatic heterocycles. The second kappa shape index (κ2) is 9.69. The van der Waals surface area contributed by atoms with E-state index in [0.29, 0.717) is 22.5 Å². The van der Waals surface area contributed by atoms with Crippen molar-refractivity contribution in [2.24, 2.45) is 0 Å². The molecule has 1 aromatic carbocycles. The van der Waals surface area contributed by atoms with E-state index in [4.69, 9.17) is 0 Å². The molecule has 0 fully saturated rings. The van der Waals surface area contributed by atoms with E-state index in [9.17, 15) is 4.39 Å². The number of halogens is 1. The summed E-state index contributed by atoms with van der Waals surface area (Å²) in [6.45, 7) is 17.9. The van der Waals surface area contributed by atoms with E-state index < -0.39 is 0 Å². The first-order valence-electron chi connectivity index (χ1n) is 9.34. The number of allylic oxidation sites excluding steroid dienone is 6. The summed E-state index contributed by atoms with van der Waals surface area (Å²) in [4.78, 5) is 4.18. The molecule has 0 aliphatic carbocycles. The van der Waals surface area contributed by atoms with E-state index >= 15 is 0 Å². The number of rotatable bonds is 8. The normalized spacial score (nSPS) is 11.8. The zero-order chi connectivity index (χ0) is 21.6. The van der Waals surface area contributed by atoms with Crippen LogP contribution in [0.2, 0.25) is 0 Å². The Labute approximate surface area is 173 Å². The third kappa shape index (κ3) is 5.11. The SMILES string of the molecule is C=C/C=C\C(C)=C(/C)NC(=C)C(=C)c1cc(-c2cnccc2C)cc(F)c1NC. The highest BCUT2D eigenvalue weighted by atomic mass is 19.1. The van der Waals surface area contributed by atoms with Crippen LogP contribution in [0.3, 0.4) is 0 Å². The van der Waals surface area contributed by atoms with Crippen molar-refractivity contribution in [2.75, 3.05) is 12.4 Å². The molecule has 3 nitrogen and oxygen atoms in total. The number of hydrogen-bond acceptors (Lipinski definition) is 3. The van der Waals surface area contributed by atoms with Crippen LogP contribution in [0.25, 0.3) is 16.7 Å². The molecule has 0 atom stereocenters. The second-order valence-corrected chi connectivity index (χ2v) is 6.81. The van der Waals surface area contributed by atoms with Gasteiger partial charge in [-0.3, -0.25) is 4.98 Å². The van der Waals surface area contributed by atoms with Gasteiger partial charge in [-0.2, -0.15) is 0 Å². The first-order valence-corrected chi connectivity index (χ1v) is 9.34. The smallest absolute Gasteiger partial charge is 0.147 e. The van der Waals surface area contributed by atoms with Gasteiger partial charge in [-0.25, -0.2) is 4.39 Å². The fraction of sp³-hybridized carbons (Fsp3) is 0.160. The number of aromatic nitrogens is 1. The molecule has 0 unspecified atom stereocenters. The Bertz CT molecular complexity index is 1010. The Hall–Kier alpha value is -3.40. The van der Waals surface area contributed by atoms with E-state index in [0.717, 1.165) is 28.0 Å². The molecule has 4 heteroatoms. The van der Waals surface area contributed by atoms with Crippen molar-refractivity contribution in [1.82, 2.24) is 10.3 Å². The molecular formula is C25H28FN3.